The minimum Gasteiger partial charge on any atom is -0.343 e. The van der Waals surface area contributed by atoms with Gasteiger partial charge in [0.05, 0.1) is 0 Å². The van der Waals surface area contributed by atoms with Crippen LogP contribution in [0, 0.1) is 0 Å². The molecule has 0 bridgehead atoms. The average Bonchev–Trinajstić information content (AvgIpc) is 3.02. The fourth-order valence-electron chi connectivity index (χ4n) is 2.25. The Morgan fingerprint density at radius 1 is 1.18 bits per heavy atom. The van der Waals surface area contributed by atoms with Crippen LogP contribution in [0.5, 0.6) is 0 Å². The summed E-state index contributed by atoms with van der Waals surface area (Å²) in [6.45, 7) is 5.77. The van der Waals surface area contributed by atoms with Crippen LogP contribution in [0.15, 0.2) is 29.0 Å². The van der Waals surface area contributed by atoms with Crippen molar-refractivity contribution in [2.45, 2.75) is 39.5 Å². The van der Waals surface area contributed by atoms with Gasteiger partial charge in [0.15, 0.2) is 0 Å². The van der Waals surface area contributed by atoms with Crippen molar-refractivity contribution in [1.82, 2.24) is 20.0 Å². The number of carbonyl (C=O) groups excluding carboxylic acids is 1. The van der Waals surface area contributed by atoms with E-state index in [2.05, 4.69) is 29.0 Å². The quantitative estimate of drug-likeness (QED) is 0.749. The Labute approximate surface area is 130 Å². The van der Waals surface area contributed by atoms with Crippen molar-refractivity contribution >= 4 is 5.91 Å². The topological polar surface area (TPSA) is 72.1 Å². The van der Waals surface area contributed by atoms with Crippen LogP contribution in [-0.2, 0) is 11.2 Å². The van der Waals surface area contributed by atoms with Gasteiger partial charge in [-0.15, -0.1) is 0 Å². The second kappa shape index (κ2) is 8.26. The van der Waals surface area contributed by atoms with E-state index < -0.39 is 0 Å². The predicted octanol–water partition coefficient (Wildman–Crippen LogP) is 2.71. The number of rotatable bonds is 8. The molecular formula is C16H22N4O2. The summed E-state index contributed by atoms with van der Waals surface area (Å²) in [5, 5.41) is 3.94. The van der Waals surface area contributed by atoms with E-state index in [0.717, 1.165) is 31.5 Å². The molecular weight excluding hydrogens is 280 g/mol. The lowest BCUT2D eigenvalue weighted by Gasteiger charge is -2.20. The number of pyridine rings is 1. The molecule has 2 heterocycles. The molecule has 6 heteroatoms. The van der Waals surface area contributed by atoms with Crippen molar-refractivity contribution in [1.29, 1.82) is 0 Å². The summed E-state index contributed by atoms with van der Waals surface area (Å²) in [5.41, 5.74) is 0.856. The number of carbonyl (C=O) groups is 1. The molecule has 0 fully saturated rings. The van der Waals surface area contributed by atoms with Crippen molar-refractivity contribution in [3.63, 3.8) is 0 Å². The van der Waals surface area contributed by atoms with Gasteiger partial charge in [0.25, 0.3) is 0 Å². The number of aromatic nitrogens is 3. The van der Waals surface area contributed by atoms with E-state index >= 15 is 0 Å². The molecule has 0 unspecified atom stereocenters. The second-order valence-electron chi connectivity index (χ2n) is 5.13. The zero-order valence-corrected chi connectivity index (χ0v) is 13.2. The highest BCUT2D eigenvalue weighted by atomic mass is 16.5. The third-order valence-corrected chi connectivity index (χ3v) is 3.30. The van der Waals surface area contributed by atoms with E-state index in [-0.39, 0.29) is 5.91 Å². The molecule has 22 heavy (non-hydrogen) atoms. The molecule has 118 valence electrons. The largest absolute Gasteiger partial charge is 0.343 e. The summed E-state index contributed by atoms with van der Waals surface area (Å²) < 4.78 is 5.22. The SMILES string of the molecule is CCCN(CCC)C(=O)CCc1nc(-c2ccncc2)no1. The lowest BCUT2D eigenvalue weighted by Crippen LogP contribution is -2.32. The Kier molecular flexibility index (Phi) is 6.06. The summed E-state index contributed by atoms with van der Waals surface area (Å²) in [7, 11) is 0. The first-order valence-electron chi connectivity index (χ1n) is 7.75. The molecule has 0 saturated heterocycles. The minimum atomic E-state index is 0.146. The van der Waals surface area contributed by atoms with Crippen molar-refractivity contribution < 1.29 is 9.32 Å². The van der Waals surface area contributed by atoms with Gasteiger partial charge in [0.2, 0.25) is 17.6 Å². The average molecular weight is 302 g/mol. The summed E-state index contributed by atoms with van der Waals surface area (Å²) in [6, 6.07) is 3.65. The fraction of sp³-hybridized carbons (Fsp3) is 0.500. The van der Waals surface area contributed by atoms with E-state index in [4.69, 9.17) is 4.52 Å². The van der Waals surface area contributed by atoms with Gasteiger partial charge in [0.1, 0.15) is 0 Å². The van der Waals surface area contributed by atoms with Gasteiger partial charge in [-0.2, -0.15) is 4.98 Å². The molecule has 6 nitrogen and oxygen atoms in total. The molecule has 2 rings (SSSR count). The van der Waals surface area contributed by atoms with E-state index in [1.807, 2.05) is 17.0 Å². The Morgan fingerprint density at radius 3 is 2.50 bits per heavy atom. The van der Waals surface area contributed by atoms with Gasteiger partial charge in [-0.1, -0.05) is 19.0 Å². The van der Waals surface area contributed by atoms with Crippen LogP contribution in [0.2, 0.25) is 0 Å². The molecule has 0 aliphatic rings. The van der Waals surface area contributed by atoms with Gasteiger partial charge in [-0.05, 0) is 25.0 Å². The van der Waals surface area contributed by atoms with Crippen LogP contribution in [0.25, 0.3) is 11.4 Å². The van der Waals surface area contributed by atoms with Crippen LogP contribution in [0.3, 0.4) is 0 Å². The maximum atomic E-state index is 12.2. The van der Waals surface area contributed by atoms with Gasteiger partial charge >= 0.3 is 0 Å². The van der Waals surface area contributed by atoms with E-state index in [0.29, 0.717) is 24.6 Å². The molecule has 0 aromatic carbocycles. The minimum absolute atomic E-state index is 0.146. The van der Waals surface area contributed by atoms with Crippen molar-refractivity contribution in [3.05, 3.63) is 30.4 Å². The van der Waals surface area contributed by atoms with Crippen LogP contribution < -0.4 is 0 Å². The molecule has 0 aliphatic carbocycles. The smallest absolute Gasteiger partial charge is 0.227 e. The molecule has 0 saturated carbocycles. The van der Waals surface area contributed by atoms with Gasteiger partial charge in [-0.25, -0.2) is 0 Å². The first-order valence-corrected chi connectivity index (χ1v) is 7.75. The van der Waals surface area contributed by atoms with E-state index in [1.165, 1.54) is 0 Å². The molecule has 0 aliphatic heterocycles. The zero-order chi connectivity index (χ0) is 15.8. The summed E-state index contributed by atoms with van der Waals surface area (Å²) in [4.78, 5) is 22.4. The van der Waals surface area contributed by atoms with Crippen LogP contribution >= 0.6 is 0 Å². The first-order chi connectivity index (χ1) is 10.7. The van der Waals surface area contributed by atoms with E-state index in [9.17, 15) is 4.79 Å². The van der Waals surface area contributed by atoms with Crippen molar-refractivity contribution in [3.8, 4) is 11.4 Å². The Morgan fingerprint density at radius 2 is 1.86 bits per heavy atom. The number of hydrogen-bond acceptors (Lipinski definition) is 5. The number of hydrogen-bond donors (Lipinski definition) is 0. The summed E-state index contributed by atoms with van der Waals surface area (Å²) in [5.74, 6) is 1.17. The van der Waals surface area contributed by atoms with Crippen LogP contribution in [-0.4, -0.2) is 39.0 Å². The van der Waals surface area contributed by atoms with E-state index in [1.54, 1.807) is 12.4 Å². The Hall–Kier alpha value is -2.24. The van der Waals surface area contributed by atoms with Gasteiger partial charge < -0.3 is 9.42 Å². The van der Waals surface area contributed by atoms with Crippen LogP contribution in [0.4, 0.5) is 0 Å². The standard InChI is InChI=1S/C16H22N4O2/c1-3-11-20(12-4-2)15(21)6-5-14-18-16(19-22-14)13-7-9-17-10-8-13/h7-10H,3-6,11-12H2,1-2H3. The highest BCUT2D eigenvalue weighted by Gasteiger charge is 2.14. The maximum Gasteiger partial charge on any atom is 0.227 e. The summed E-state index contributed by atoms with van der Waals surface area (Å²) >= 11 is 0. The lowest BCUT2D eigenvalue weighted by molar-refractivity contribution is -0.131. The predicted molar refractivity (Wildman–Crippen MR) is 83.0 cm³/mol. The highest BCUT2D eigenvalue weighted by molar-refractivity contribution is 5.76. The van der Waals surface area contributed by atoms with Crippen molar-refractivity contribution in [2.24, 2.45) is 0 Å². The molecule has 0 N–H and O–H groups in total. The Balaban J connectivity index is 1.92. The van der Waals surface area contributed by atoms with Gasteiger partial charge in [-0.3, -0.25) is 9.78 Å². The molecule has 0 radical (unpaired) electrons. The lowest BCUT2D eigenvalue weighted by atomic mass is 10.2. The molecule has 2 aromatic rings. The Bertz CT molecular complexity index is 577. The number of aryl methyl sites for hydroxylation is 1. The van der Waals surface area contributed by atoms with Crippen molar-refractivity contribution in [2.75, 3.05) is 13.1 Å². The zero-order valence-electron chi connectivity index (χ0n) is 13.2. The monoisotopic (exact) mass is 302 g/mol. The fourth-order valence-corrected chi connectivity index (χ4v) is 2.25. The summed E-state index contributed by atoms with van der Waals surface area (Å²) in [6.07, 6.45) is 6.18. The maximum absolute atomic E-state index is 12.2. The van der Waals surface area contributed by atoms with Gasteiger partial charge in [0, 0.05) is 43.9 Å². The van der Waals surface area contributed by atoms with Crippen LogP contribution in [0.1, 0.15) is 39.0 Å². The third kappa shape index (κ3) is 4.38. The first kappa shape index (κ1) is 16.1. The molecule has 0 spiro atoms. The molecule has 1 amide bonds. The molecule has 2 aromatic heterocycles. The second-order valence-corrected chi connectivity index (χ2v) is 5.13. The highest BCUT2D eigenvalue weighted by Crippen LogP contribution is 2.15. The normalized spacial score (nSPS) is 10.6. The molecule has 0 atom stereocenters. The third-order valence-electron chi connectivity index (χ3n) is 3.30. The number of nitrogens with zero attached hydrogens (tertiary/aromatic N) is 4. The number of amides is 1.